The molecule has 0 saturated heterocycles. The van der Waals surface area contributed by atoms with Crippen LogP contribution in [0.25, 0.3) is 0 Å². The number of aliphatic hydroxyl groups excluding tert-OH is 1. The minimum Gasteiger partial charge on any atom is -0.462 e. The van der Waals surface area contributed by atoms with Crippen LogP contribution in [0.4, 0.5) is 0 Å². The Morgan fingerprint density at radius 1 is 0.460 bits per heavy atom. The SMILES string of the molecule is CCCCCC=CCC=CCCCCCCCCCCCC(=O)OCC(CO)OC(=O)CCCC=CCC=CCC=CCCCCCCCC. The maximum Gasteiger partial charge on any atom is 0.306 e. The monoisotopic (exact) mass is 699 g/mol. The van der Waals surface area contributed by atoms with Gasteiger partial charge < -0.3 is 14.6 Å². The molecule has 0 heterocycles. The topological polar surface area (TPSA) is 72.8 Å². The quantitative estimate of drug-likeness (QED) is 0.0397. The summed E-state index contributed by atoms with van der Waals surface area (Å²) in [7, 11) is 0. The Morgan fingerprint density at radius 3 is 1.30 bits per heavy atom. The molecule has 1 N–H and O–H groups in total. The highest BCUT2D eigenvalue weighted by Crippen LogP contribution is 2.13. The third-order valence-corrected chi connectivity index (χ3v) is 8.78. The van der Waals surface area contributed by atoms with Crippen molar-refractivity contribution in [2.24, 2.45) is 0 Å². The molecule has 0 aliphatic rings. The third-order valence-electron chi connectivity index (χ3n) is 8.78. The number of aliphatic hydroxyl groups is 1. The molecule has 5 heteroatoms. The predicted octanol–water partition coefficient (Wildman–Crippen LogP) is 13.2. The fourth-order valence-corrected chi connectivity index (χ4v) is 5.60. The van der Waals surface area contributed by atoms with Crippen molar-refractivity contribution in [1.82, 2.24) is 0 Å². The summed E-state index contributed by atoms with van der Waals surface area (Å²) < 4.78 is 10.6. The smallest absolute Gasteiger partial charge is 0.306 e. The number of hydrogen-bond donors (Lipinski definition) is 1. The lowest BCUT2D eigenvalue weighted by atomic mass is 10.1. The van der Waals surface area contributed by atoms with Gasteiger partial charge in [0.15, 0.2) is 6.10 Å². The zero-order valence-corrected chi connectivity index (χ0v) is 32.6. The minimum absolute atomic E-state index is 0.0898. The number of hydrogen-bond acceptors (Lipinski definition) is 5. The van der Waals surface area contributed by atoms with Crippen LogP contribution in [0, 0.1) is 0 Å². The molecule has 0 bridgehead atoms. The van der Waals surface area contributed by atoms with Gasteiger partial charge in [-0.3, -0.25) is 9.59 Å². The van der Waals surface area contributed by atoms with E-state index in [-0.39, 0.29) is 31.6 Å². The number of allylic oxidation sites excluding steroid dienone is 10. The van der Waals surface area contributed by atoms with Gasteiger partial charge in [0.05, 0.1) is 6.61 Å². The Morgan fingerprint density at radius 2 is 0.820 bits per heavy atom. The van der Waals surface area contributed by atoms with Crippen molar-refractivity contribution in [3.63, 3.8) is 0 Å². The molecular formula is C45H78O5. The Labute approximate surface area is 309 Å². The van der Waals surface area contributed by atoms with E-state index in [1.807, 2.05) is 0 Å². The lowest BCUT2D eigenvalue weighted by molar-refractivity contribution is -0.161. The molecule has 0 amide bonds. The molecule has 0 radical (unpaired) electrons. The van der Waals surface area contributed by atoms with E-state index in [1.54, 1.807) is 0 Å². The molecule has 1 unspecified atom stereocenters. The van der Waals surface area contributed by atoms with Crippen molar-refractivity contribution < 1.29 is 24.2 Å². The van der Waals surface area contributed by atoms with Crippen LogP contribution in [0.1, 0.15) is 194 Å². The second kappa shape index (κ2) is 41.0. The Balaban J connectivity index is 3.63. The summed E-state index contributed by atoms with van der Waals surface area (Å²) >= 11 is 0. The average molecular weight is 699 g/mol. The maximum atomic E-state index is 12.2. The largest absolute Gasteiger partial charge is 0.462 e. The molecule has 0 saturated carbocycles. The van der Waals surface area contributed by atoms with Crippen LogP contribution in [-0.4, -0.2) is 36.4 Å². The highest BCUT2D eigenvalue weighted by Gasteiger charge is 2.15. The lowest BCUT2D eigenvalue weighted by Crippen LogP contribution is -2.28. The standard InChI is InChI=1S/C45H78O5/c1-3-5-7-9-11-13-15-17-19-21-22-24-25-27-29-31-33-35-37-39-44(47)49-42-43(41-46)50-45(48)40-38-36-34-32-30-28-26-23-20-18-16-14-12-10-8-6-4-2/h11,13,17-20,26,28,32,34,43,46H,3-10,12,14-16,21-25,27,29-31,33,35-42H2,1-2H3. The van der Waals surface area contributed by atoms with Gasteiger partial charge in [-0.1, -0.05) is 164 Å². The number of carbonyl (C=O) groups is 2. The van der Waals surface area contributed by atoms with Gasteiger partial charge in [0.25, 0.3) is 0 Å². The third kappa shape index (κ3) is 38.4. The Kier molecular flexibility index (Phi) is 39.1. The first-order valence-corrected chi connectivity index (χ1v) is 20.8. The molecule has 0 aliphatic carbocycles. The number of ether oxygens (including phenoxy) is 2. The van der Waals surface area contributed by atoms with E-state index in [2.05, 4.69) is 74.6 Å². The van der Waals surface area contributed by atoms with Gasteiger partial charge >= 0.3 is 11.9 Å². The molecule has 0 rings (SSSR count). The zero-order valence-electron chi connectivity index (χ0n) is 32.6. The maximum absolute atomic E-state index is 12.2. The first-order chi connectivity index (χ1) is 24.6. The molecule has 0 aromatic carbocycles. The van der Waals surface area contributed by atoms with E-state index >= 15 is 0 Å². The summed E-state index contributed by atoms with van der Waals surface area (Å²) in [6.45, 7) is 4.06. The zero-order chi connectivity index (χ0) is 36.4. The number of esters is 2. The Bertz CT molecular complexity index is 884. The summed E-state index contributed by atoms with van der Waals surface area (Å²) in [4.78, 5) is 24.3. The van der Waals surface area contributed by atoms with Crippen molar-refractivity contribution in [3.8, 4) is 0 Å². The molecule has 50 heavy (non-hydrogen) atoms. The van der Waals surface area contributed by atoms with E-state index in [9.17, 15) is 14.7 Å². The van der Waals surface area contributed by atoms with Crippen molar-refractivity contribution >= 4 is 11.9 Å². The van der Waals surface area contributed by atoms with Crippen LogP contribution in [-0.2, 0) is 19.1 Å². The van der Waals surface area contributed by atoms with Gasteiger partial charge in [0.2, 0.25) is 0 Å². The van der Waals surface area contributed by atoms with E-state index in [0.717, 1.165) is 44.9 Å². The van der Waals surface area contributed by atoms with Crippen LogP contribution in [0.2, 0.25) is 0 Å². The second-order valence-electron chi connectivity index (χ2n) is 13.7. The summed E-state index contributed by atoms with van der Waals surface area (Å²) in [6, 6.07) is 0. The van der Waals surface area contributed by atoms with Crippen LogP contribution in [0.5, 0.6) is 0 Å². The Hall–Kier alpha value is -2.40. The number of rotatable bonds is 37. The summed E-state index contributed by atoms with van der Waals surface area (Å²) in [5.41, 5.74) is 0. The van der Waals surface area contributed by atoms with Crippen molar-refractivity contribution in [1.29, 1.82) is 0 Å². The van der Waals surface area contributed by atoms with Crippen molar-refractivity contribution in [2.75, 3.05) is 13.2 Å². The number of unbranched alkanes of at least 4 members (excludes halogenated alkanes) is 19. The van der Waals surface area contributed by atoms with E-state index in [0.29, 0.717) is 12.8 Å². The second-order valence-corrected chi connectivity index (χ2v) is 13.7. The molecule has 0 aromatic rings. The molecule has 5 nitrogen and oxygen atoms in total. The summed E-state index contributed by atoms with van der Waals surface area (Å²) in [5, 5.41) is 9.56. The molecule has 288 valence electrons. The molecule has 1 atom stereocenters. The van der Waals surface area contributed by atoms with E-state index in [1.165, 1.54) is 116 Å². The predicted molar refractivity (Wildman–Crippen MR) is 214 cm³/mol. The van der Waals surface area contributed by atoms with Crippen LogP contribution >= 0.6 is 0 Å². The molecule has 0 aromatic heterocycles. The highest BCUT2D eigenvalue weighted by atomic mass is 16.6. The van der Waals surface area contributed by atoms with Gasteiger partial charge in [-0.15, -0.1) is 0 Å². The van der Waals surface area contributed by atoms with Gasteiger partial charge in [-0.25, -0.2) is 0 Å². The summed E-state index contributed by atoms with van der Waals surface area (Å²) in [6.07, 6.45) is 52.9. The summed E-state index contributed by atoms with van der Waals surface area (Å²) in [5.74, 6) is -0.658. The lowest BCUT2D eigenvalue weighted by Gasteiger charge is -2.15. The average Bonchev–Trinajstić information content (AvgIpc) is 3.12. The van der Waals surface area contributed by atoms with Crippen molar-refractivity contribution in [3.05, 3.63) is 60.8 Å². The minimum atomic E-state index is -0.801. The van der Waals surface area contributed by atoms with E-state index in [4.69, 9.17) is 9.47 Å². The van der Waals surface area contributed by atoms with E-state index < -0.39 is 6.10 Å². The van der Waals surface area contributed by atoms with Gasteiger partial charge in [-0.05, 0) is 77.0 Å². The molecule has 0 spiro atoms. The van der Waals surface area contributed by atoms with Crippen LogP contribution < -0.4 is 0 Å². The van der Waals surface area contributed by atoms with Crippen LogP contribution in [0.15, 0.2) is 60.8 Å². The van der Waals surface area contributed by atoms with Gasteiger partial charge in [0, 0.05) is 12.8 Å². The fourth-order valence-electron chi connectivity index (χ4n) is 5.60. The molecule has 0 fully saturated rings. The molecular weight excluding hydrogens is 620 g/mol. The first kappa shape index (κ1) is 47.6. The highest BCUT2D eigenvalue weighted by molar-refractivity contribution is 5.70. The fraction of sp³-hybridized carbons (Fsp3) is 0.733. The van der Waals surface area contributed by atoms with Gasteiger partial charge in [-0.2, -0.15) is 0 Å². The van der Waals surface area contributed by atoms with Crippen molar-refractivity contribution in [2.45, 2.75) is 200 Å². The van der Waals surface area contributed by atoms with Gasteiger partial charge in [0.1, 0.15) is 6.61 Å². The first-order valence-electron chi connectivity index (χ1n) is 20.8. The normalized spacial score (nSPS) is 12.8. The molecule has 0 aliphatic heterocycles. The van der Waals surface area contributed by atoms with Crippen LogP contribution in [0.3, 0.4) is 0 Å². The number of carbonyl (C=O) groups excluding carboxylic acids is 2.